The summed E-state index contributed by atoms with van der Waals surface area (Å²) in [5.74, 6) is 0.506. The van der Waals surface area contributed by atoms with Gasteiger partial charge in [-0.05, 0) is 25.3 Å². The summed E-state index contributed by atoms with van der Waals surface area (Å²) in [6, 6.07) is 0.183. The summed E-state index contributed by atoms with van der Waals surface area (Å²) in [7, 11) is 0. The molecule has 2 atom stereocenters. The van der Waals surface area contributed by atoms with Gasteiger partial charge in [0.1, 0.15) is 17.8 Å². The number of hydrogen-bond acceptors (Lipinski definition) is 4. The van der Waals surface area contributed by atoms with E-state index in [1.54, 1.807) is 0 Å². The van der Waals surface area contributed by atoms with Gasteiger partial charge in [-0.2, -0.15) is 0 Å². The van der Waals surface area contributed by atoms with E-state index in [-0.39, 0.29) is 24.5 Å². The minimum atomic E-state index is -0.785. The van der Waals surface area contributed by atoms with Crippen molar-refractivity contribution < 1.29 is 19.1 Å². The molecule has 0 spiro atoms. The third kappa shape index (κ3) is 2.45. The first-order valence-electron chi connectivity index (χ1n) is 7.59. The van der Waals surface area contributed by atoms with Gasteiger partial charge in [-0.25, -0.2) is 0 Å². The van der Waals surface area contributed by atoms with Crippen molar-refractivity contribution in [2.75, 3.05) is 19.8 Å². The van der Waals surface area contributed by atoms with E-state index >= 15 is 0 Å². The minimum absolute atomic E-state index is 0.0943. The Kier molecular flexibility index (Phi) is 3.74. The van der Waals surface area contributed by atoms with Crippen LogP contribution in [0.3, 0.4) is 0 Å². The number of fused-ring (bicyclic) bond motifs is 2. The van der Waals surface area contributed by atoms with Gasteiger partial charge in [-0.1, -0.05) is 12.2 Å². The maximum Gasteiger partial charge on any atom is 0.302 e. The van der Waals surface area contributed by atoms with Crippen LogP contribution >= 0.6 is 0 Å². The van der Waals surface area contributed by atoms with Crippen LogP contribution in [0.1, 0.15) is 32.6 Å². The fourth-order valence-electron chi connectivity index (χ4n) is 3.46. The van der Waals surface area contributed by atoms with E-state index in [1.807, 2.05) is 23.1 Å². The maximum absolute atomic E-state index is 13.1. The van der Waals surface area contributed by atoms with Crippen LogP contribution in [0, 0.1) is 5.41 Å². The first-order chi connectivity index (χ1) is 10.1. The van der Waals surface area contributed by atoms with Crippen LogP contribution < -0.4 is 0 Å². The quantitative estimate of drug-likeness (QED) is 0.587. The van der Waals surface area contributed by atoms with Gasteiger partial charge in [0.2, 0.25) is 5.91 Å². The molecule has 0 bridgehead atoms. The van der Waals surface area contributed by atoms with Crippen molar-refractivity contribution >= 4 is 11.9 Å². The molecule has 0 radical (unpaired) electrons. The molecule has 3 aliphatic rings. The second kappa shape index (κ2) is 5.54. The molecule has 2 saturated heterocycles. The van der Waals surface area contributed by atoms with Gasteiger partial charge in [0.05, 0.1) is 12.6 Å². The third-order valence-electron chi connectivity index (χ3n) is 4.53. The van der Waals surface area contributed by atoms with Gasteiger partial charge in [0, 0.05) is 19.9 Å². The molecule has 1 amide bonds. The lowest BCUT2D eigenvalue weighted by Crippen LogP contribution is -2.45. The molecule has 2 aliphatic heterocycles. The van der Waals surface area contributed by atoms with Crippen molar-refractivity contribution in [2.24, 2.45) is 5.41 Å². The van der Waals surface area contributed by atoms with Crippen LogP contribution in [0.25, 0.3) is 0 Å². The maximum atomic E-state index is 13.1. The molecule has 2 fully saturated rings. The fraction of sp³-hybridized carbons (Fsp3) is 0.625. The number of esters is 1. The van der Waals surface area contributed by atoms with Crippen LogP contribution in [-0.2, 0) is 19.1 Å². The average Bonchev–Trinajstić information content (AvgIpc) is 2.89. The van der Waals surface area contributed by atoms with Crippen LogP contribution in [0.2, 0.25) is 0 Å². The molecule has 0 aromatic rings. The zero-order valence-electron chi connectivity index (χ0n) is 12.3. The van der Waals surface area contributed by atoms with E-state index in [1.165, 1.54) is 6.92 Å². The molecule has 1 aliphatic carbocycles. The summed E-state index contributed by atoms with van der Waals surface area (Å²) in [4.78, 5) is 26.0. The van der Waals surface area contributed by atoms with Gasteiger partial charge in [0.25, 0.3) is 0 Å². The standard InChI is InChI=1S/C16H21NO4/c1-12(18)20-10-8-16-7-3-2-6-14(16)21-11-13-5-4-9-17(13)15(16)19/h3,6-7,13H,2,4-5,8-11H2,1H3/t13-,16+/m0/s1. The summed E-state index contributed by atoms with van der Waals surface area (Å²) < 4.78 is 11.0. The number of rotatable bonds is 3. The average molecular weight is 291 g/mol. The SMILES string of the molecule is CC(=O)OCC[C@]12C=CCC=C1OC[C@@H]1CCCN1C2=O. The number of amides is 1. The van der Waals surface area contributed by atoms with E-state index in [2.05, 4.69) is 0 Å². The number of carbonyl (C=O) groups excluding carboxylic acids is 2. The van der Waals surface area contributed by atoms with E-state index in [0.29, 0.717) is 13.0 Å². The number of allylic oxidation sites excluding steroid dienone is 2. The van der Waals surface area contributed by atoms with Crippen LogP contribution in [-0.4, -0.2) is 42.6 Å². The van der Waals surface area contributed by atoms with Crippen molar-refractivity contribution in [3.05, 3.63) is 24.0 Å². The lowest BCUT2D eigenvalue weighted by atomic mass is 9.78. The molecule has 5 heteroatoms. The molecule has 114 valence electrons. The first kappa shape index (κ1) is 14.2. The van der Waals surface area contributed by atoms with Crippen molar-refractivity contribution in [1.82, 2.24) is 4.90 Å². The van der Waals surface area contributed by atoms with Gasteiger partial charge in [-0.3, -0.25) is 9.59 Å². The molecule has 2 heterocycles. The molecule has 0 N–H and O–H groups in total. The number of nitrogens with zero attached hydrogens (tertiary/aromatic N) is 1. The lowest BCUT2D eigenvalue weighted by Gasteiger charge is -2.34. The van der Waals surface area contributed by atoms with Crippen LogP contribution in [0.15, 0.2) is 24.0 Å². The lowest BCUT2D eigenvalue weighted by molar-refractivity contribution is -0.145. The summed E-state index contributed by atoms with van der Waals surface area (Å²) in [5, 5.41) is 0. The van der Waals surface area contributed by atoms with Crippen molar-refractivity contribution in [3.63, 3.8) is 0 Å². The molecule has 0 unspecified atom stereocenters. The minimum Gasteiger partial charge on any atom is -0.495 e. The Bertz CT molecular complexity index is 510. The summed E-state index contributed by atoms with van der Waals surface area (Å²) in [6.07, 6.45) is 9.17. The molecule has 0 aromatic carbocycles. The Morgan fingerprint density at radius 1 is 1.57 bits per heavy atom. The van der Waals surface area contributed by atoms with E-state index in [4.69, 9.17) is 9.47 Å². The van der Waals surface area contributed by atoms with Gasteiger partial charge in [-0.15, -0.1) is 0 Å². The normalized spacial score (nSPS) is 30.9. The van der Waals surface area contributed by atoms with E-state index < -0.39 is 5.41 Å². The number of carbonyl (C=O) groups is 2. The van der Waals surface area contributed by atoms with Crippen molar-refractivity contribution in [1.29, 1.82) is 0 Å². The van der Waals surface area contributed by atoms with Gasteiger partial charge in [0.15, 0.2) is 0 Å². The van der Waals surface area contributed by atoms with E-state index in [9.17, 15) is 9.59 Å². The third-order valence-corrected chi connectivity index (χ3v) is 4.53. The Morgan fingerprint density at radius 2 is 2.43 bits per heavy atom. The zero-order valence-corrected chi connectivity index (χ0v) is 12.3. The van der Waals surface area contributed by atoms with Crippen LogP contribution in [0.4, 0.5) is 0 Å². The zero-order chi connectivity index (χ0) is 14.9. The van der Waals surface area contributed by atoms with Crippen LogP contribution in [0.5, 0.6) is 0 Å². The smallest absolute Gasteiger partial charge is 0.302 e. The fourth-order valence-corrected chi connectivity index (χ4v) is 3.46. The monoisotopic (exact) mass is 291 g/mol. The Hall–Kier alpha value is -1.78. The second-order valence-electron chi connectivity index (χ2n) is 5.87. The Balaban J connectivity index is 1.88. The Morgan fingerprint density at radius 3 is 3.24 bits per heavy atom. The highest BCUT2D eigenvalue weighted by Gasteiger charge is 2.49. The summed E-state index contributed by atoms with van der Waals surface area (Å²) in [6.45, 7) is 2.97. The molecule has 5 nitrogen and oxygen atoms in total. The number of hydrogen-bond donors (Lipinski definition) is 0. The molecular formula is C16H21NO4. The number of ether oxygens (including phenoxy) is 2. The predicted molar refractivity (Wildman–Crippen MR) is 76.2 cm³/mol. The molecule has 3 rings (SSSR count). The highest BCUT2D eigenvalue weighted by atomic mass is 16.5. The predicted octanol–water partition coefficient (Wildman–Crippen LogP) is 1.79. The highest BCUT2D eigenvalue weighted by Crippen LogP contribution is 2.43. The Labute approximate surface area is 124 Å². The van der Waals surface area contributed by atoms with Gasteiger partial charge >= 0.3 is 5.97 Å². The van der Waals surface area contributed by atoms with Gasteiger partial charge < -0.3 is 14.4 Å². The van der Waals surface area contributed by atoms with Crippen molar-refractivity contribution in [2.45, 2.75) is 38.6 Å². The molecule has 0 saturated carbocycles. The highest BCUT2D eigenvalue weighted by molar-refractivity contribution is 5.89. The second-order valence-corrected chi connectivity index (χ2v) is 5.87. The van der Waals surface area contributed by atoms with Crippen molar-refractivity contribution in [3.8, 4) is 0 Å². The summed E-state index contributed by atoms with van der Waals surface area (Å²) in [5.41, 5.74) is -0.785. The molecule has 21 heavy (non-hydrogen) atoms. The largest absolute Gasteiger partial charge is 0.495 e. The molecular weight excluding hydrogens is 270 g/mol. The van der Waals surface area contributed by atoms with E-state index in [0.717, 1.165) is 31.6 Å². The first-order valence-corrected chi connectivity index (χ1v) is 7.59. The topological polar surface area (TPSA) is 55.8 Å². The summed E-state index contributed by atoms with van der Waals surface area (Å²) >= 11 is 0. The molecule has 0 aromatic heterocycles.